The summed E-state index contributed by atoms with van der Waals surface area (Å²) in [5.41, 5.74) is 0. The summed E-state index contributed by atoms with van der Waals surface area (Å²) in [6.07, 6.45) is 3.85. The fourth-order valence-corrected chi connectivity index (χ4v) is 3.30. The van der Waals surface area contributed by atoms with E-state index in [1.807, 2.05) is 6.92 Å². The van der Waals surface area contributed by atoms with Crippen molar-refractivity contribution in [3.63, 3.8) is 0 Å². The van der Waals surface area contributed by atoms with Crippen LogP contribution in [-0.2, 0) is 0 Å². The molecule has 2 atom stereocenters. The number of halogens is 2. The van der Waals surface area contributed by atoms with Gasteiger partial charge in [-0.2, -0.15) is 0 Å². The Labute approximate surface area is 172 Å². The molecule has 2 aliphatic rings. The lowest BCUT2D eigenvalue weighted by Crippen LogP contribution is -2.43. The van der Waals surface area contributed by atoms with Gasteiger partial charge in [-0.3, -0.25) is 4.99 Å². The van der Waals surface area contributed by atoms with Crippen molar-refractivity contribution >= 4 is 29.9 Å². The van der Waals surface area contributed by atoms with Gasteiger partial charge in [-0.15, -0.1) is 24.0 Å². The summed E-state index contributed by atoms with van der Waals surface area (Å²) in [4.78, 5) is 6.88. The number of likely N-dealkylation sites (tertiary alicyclic amines) is 1. The predicted molar refractivity (Wildman–Crippen MR) is 114 cm³/mol. The maximum absolute atomic E-state index is 13.6. The van der Waals surface area contributed by atoms with E-state index in [1.54, 1.807) is 25.2 Å². The quantitative estimate of drug-likeness (QED) is 0.361. The van der Waals surface area contributed by atoms with Gasteiger partial charge in [-0.1, -0.05) is 12.1 Å². The molecule has 2 unspecified atom stereocenters. The first-order valence-electron chi connectivity index (χ1n) is 9.25. The summed E-state index contributed by atoms with van der Waals surface area (Å²) >= 11 is 0. The molecule has 3 rings (SSSR count). The fourth-order valence-electron chi connectivity index (χ4n) is 3.30. The van der Waals surface area contributed by atoms with Crippen LogP contribution >= 0.6 is 24.0 Å². The number of hydrogen-bond acceptors (Lipinski definition) is 3. The van der Waals surface area contributed by atoms with Crippen molar-refractivity contribution in [2.75, 3.05) is 33.2 Å². The molecular weight excluding hydrogens is 446 g/mol. The minimum atomic E-state index is -0.335. The van der Waals surface area contributed by atoms with Crippen LogP contribution in [0.3, 0.4) is 0 Å². The van der Waals surface area contributed by atoms with Gasteiger partial charge in [0.1, 0.15) is 6.10 Å². The highest BCUT2D eigenvalue weighted by Crippen LogP contribution is 2.31. The Kier molecular flexibility index (Phi) is 8.40. The van der Waals surface area contributed by atoms with Gasteiger partial charge in [0.05, 0.1) is 6.54 Å². The first-order chi connectivity index (χ1) is 12.2. The van der Waals surface area contributed by atoms with Crippen LogP contribution < -0.4 is 15.4 Å². The number of aliphatic imine (C=N–C) groups is 1. The molecule has 1 aromatic rings. The molecule has 1 saturated heterocycles. The average Bonchev–Trinajstić information content (AvgIpc) is 3.36. The van der Waals surface area contributed by atoms with Crippen LogP contribution in [0.4, 0.5) is 4.39 Å². The Morgan fingerprint density at radius 1 is 1.31 bits per heavy atom. The molecule has 0 aromatic heterocycles. The number of nitrogens with one attached hydrogen (secondary N) is 2. The van der Waals surface area contributed by atoms with E-state index in [4.69, 9.17) is 4.74 Å². The molecule has 2 fully saturated rings. The van der Waals surface area contributed by atoms with Gasteiger partial charge >= 0.3 is 0 Å². The maximum atomic E-state index is 13.6. The standard InChI is InChI=1S/C19H29FN4O.HI/c1-14(25-18-6-4-3-5-17(18)20)11-22-19(21-2)23-12-15-9-10-24(13-15)16-7-8-16;/h3-6,14-16H,7-13H2,1-2H3,(H2,21,22,23);1H. The molecular formula is C19H30FIN4O. The van der Waals surface area contributed by atoms with E-state index >= 15 is 0 Å². The van der Waals surface area contributed by atoms with Crippen LogP contribution in [0.25, 0.3) is 0 Å². The summed E-state index contributed by atoms with van der Waals surface area (Å²) in [7, 11) is 1.77. The number of nitrogens with zero attached hydrogens (tertiary/aromatic N) is 2. The van der Waals surface area contributed by atoms with E-state index in [-0.39, 0.29) is 41.6 Å². The number of rotatable bonds is 7. The SMILES string of the molecule is CN=C(NCC1CCN(C2CC2)C1)NCC(C)Oc1ccccc1F.I. The van der Waals surface area contributed by atoms with Crippen molar-refractivity contribution < 1.29 is 9.13 Å². The summed E-state index contributed by atoms with van der Waals surface area (Å²) < 4.78 is 19.3. The van der Waals surface area contributed by atoms with Gasteiger partial charge < -0.3 is 20.3 Å². The average molecular weight is 476 g/mol. The second kappa shape index (κ2) is 10.3. The molecule has 2 N–H and O–H groups in total. The molecule has 1 aliphatic heterocycles. The molecule has 1 aliphatic carbocycles. The number of ether oxygens (including phenoxy) is 1. The van der Waals surface area contributed by atoms with Crippen molar-refractivity contribution in [1.82, 2.24) is 15.5 Å². The minimum absolute atomic E-state index is 0. The number of hydrogen-bond donors (Lipinski definition) is 2. The monoisotopic (exact) mass is 476 g/mol. The Hall–Kier alpha value is -1.09. The van der Waals surface area contributed by atoms with E-state index in [1.165, 1.54) is 38.4 Å². The highest BCUT2D eigenvalue weighted by Gasteiger charge is 2.34. The van der Waals surface area contributed by atoms with E-state index in [0.29, 0.717) is 12.5 Å². The van der Waals surface area contributed by atoms with Crippen LogP contribution in [0.15, 0.2) is 29.3 Å². The van der Waals surface area contributed by atoms with Crippen molar-refractivity contribution in [1.29, 1.82) is 0 Å². The molecule has 26 heavy (non-hydrogen) atoms. The number of para-hydroxylation sites is 1. The first kappa shape index (κ1) is 21.2. The lowest BCUT2D eigenvalue weighted by atomic mass is 10.1. The molecule has 0 spiro atoms. The zero-order valence-corrected chi connectivity index (χ0v) is 17.9. The highest BCUT2D eigenvalue weighted by molar-refractivity contribution is 14.0. The topological polar surface area (TPSA) is 48.9 Å². The molecule has 0 amide bonds. The zero-order chi connectivity index (χ0) is 17.6. The molecule has 5 nitrogen and oxygen atoms in total. The fraction of sp³-hybridized carbons (Fsp3) is 0.632. The third-order valence-corrected chi connectivity index (χ3v) is 4.88. The summed E-state index contributed by atoms with van der Waals surface area (Å²) in [5.74, 6) is 1.41. The Morgan fingerprint density at radius 3 is 2.77 bits per heavy atom. The van der Waals surface area contributed by atoms with Gasteiger partial charge in [0.15, 0.2) is 17.5 Å². The highest BCUT2D eigenvalue weighted by atomic mass is 127. The van der Waals surface area contributed by atoms with Crippen molar-refractivity contribution in [2.24, 2.45) is 10.9 Å². The second-order valence-corrected chi connectivity index (χ2v) is 7.07. The zero-order valence-electron chi connectivity index (χ0n) is 15.6. The van der Waals surface area contributed by atoms with Crippen LogP contribution in [0.1, 0.15) is 26.2 Å². The summed E-state index contributed by atoms with van der Waals surface area (Å²) in [5, 5.41) is 6.66. The van der Waals surface area contributed by atoms with Gasteiger partial charge in [-0.25, -0.2) is 4.39 Å². The lowest BCUT2D eigenvalue weighted by molar-refractivity contribution is 0.214. The Morgan fingerprint density at radius 2 is 2.08 bits per heavy atom. The molecule has 146 valence electrons. The number of guanidine groups is 1. The van der Waals surface area contributed by atoms with Gasteiger partial charge in [-0.05, 0) is 50.8 Å². The Balaban J connectivity index is 0.00000243. The first-order valence-corrected chi connectivity index (χ1v) is 9.25. The van der Waals surface area contributed by atoms with Crippen molar-refractivity contribution in [3.8, 4) is 5.75 Å². The second-order valence-electron chi connectivity index (χ2n) is 7.07. The maximum Gasteiger partial charge on any atom is 0.191 e. The summed E-state index contributed by atoms with van der Waals surface area (Å²) in [6, 6.07) is 7.34. The van der Waals surface area contributed by atoms with E-state index < -0.39 is 0 Å². The molecule has 1 heterocycles. The van der Waals surface area contributed by atoms with E-state index in [0.717, 1.165) is 18.5 Å². The van der Waals surface area contributed by atoms with Gasteiger partial charge in [0, 0.05) is 26.2 Å². The van der Waals surface area contributed by atoms with Crippen molar-refractivity contribution in [2.45, 2.75) is 38.3 Å². The van der Waals surface area contributed by atoms with E-state index in [9.17, 15) is 4.39 Å². The number of benzene rings is 1. The van der Waals surface area contributed by atoms with Crippen LogP contribution in [0.5, 0.6) is 5.75 Å². The van der Waals surface area contributed by atoms with Gasteiger partial charge in [0.25, 0.3) is 0 Å². The van der Waals surface area contributed by atoms with Crippen LogP contribution in [0, 0.1) is 11.7 Å². The molecule has 1 aromatic carbocycles. The molecule has 1 saturated carbocycles. The molecule has 0 bridgehead atoms. The van der Waals surface area contributed by atoms with E-state index in [2.05, 4.69) is 20.5 Å². The lowest BCUT2D eigenvalue weighted by Gasteiger charge is -2.19. The summed E-state index contributed by atoms with van der Waals surface area (Å²) in [6.45, 7) is 5.84. The molecule has 7 heteroatoms. The normalized spacial score (nSPS) is 21.8. The Bertz CT molecular complexity index is 597. The third-order valence-electron chi connectivity index (χ3n) is 4.88. The van der Waals surface area contributed by atoms with Crippen LogP contribution in [-0.4, -0.2) is 56.2 Å². The third kappa shape index (κ3) is 6.26. The predicted octanol–water partition coefficient (Wildman–Crippen LogP) is 2.86. The van der Waals surface area contributed by atoms with Gasteiger partial charge in [0.2, 0.25) is 0 Å². The largest absolute Gasteiger partial charge is 0.486 e. The van der Waals surface area contributed by atoms with Crippen molar-refractivity contribution in [3.05, 3.63) is 30.1 Å². The molecule has 0 radical (unpaired) electrons. The van der Waals surface area contributed by atoms with Crippen LogP contribution in [0.2, 0.25) is 0 Å². The minimum Gasteiger partial charge on any atom is -0.486 e. The smallest absolute Gasteiger partial charge is 0.191 e.